The van der Waals surface area contributed by atoms with Gasteiger partial charge in [0.2, 0.25) is 5.91 Å². The molecule has 0 N–H and O–H groups in total. The second-order valence-electron chi connectivity index (χ2n) is 6.28. The highest BCUT2D eigenvalue weighted by atomic mass is 16.2. The van der Waals surface area contributed by atoms with Crippen LogP contribution in [-0.4, -0.2) is 56.9 Å². The Kier molecular flexibility index (Phi) is 4.87. The molecule has 2 saturated heterocycles. The Morgan fingerprint density at radius 3 is 2.77 bits per heavy atom. The van der Waals surface area contributed by atoms with Crippen molar-refractivity contribution in [2.24, 2.45) is 5.92 Å². The molecule has 0 aliphatic carbocycles. The van der Waals surface area contributed by atoms with E-state index in [1.165, 1.54) is 32.4 Å². The van der Waals surface area contributed by atoms with Crippen LogP contribution in [0.1, 0.15) is 31.4 Å². The molecule has 2 aliphatic rings. The van der Waals surface area contributed by atoms with E-state index in [4.69, 9.17) is 0 Å². The van der Waals surface area contributed by atoms with Crippen LogP contribution in [0.25, 0.3) is 0 Å². The fraction of sp³-hybridized carbons (Fsp3) is 0.688. The van der Waals surface area contributed by atoms with Crippen LogP contribution < -0.4 is 0 Å². The zero-order valence-corrected chi connectivity index (χ0v) is 13.2. The van der Waals surface area contributed by atoms with Gasteiger partial charge in [0, 0.05) is 31.6 Å². The molecule has 120 valence electrons. The SMILES string of the molecule is C=CN1CCC(Cc2cn(CCN3CCCCC3)nn2)C1=O. The van der Waals surface area contributed by atoms with E-state index in [-0.39, 0.29) is 11.8 Å². The van der Waals surface area contributed by atoms with Crippen LogP contribution in [0.2, 0.25) is 0 Å². The Balaban J connectivity index is 1.48. The minimum atomic E-state index is 0.0326. The number of amides is 1. The van der Waals surface area contributed by atoms with E-state index in [9.17, 15) is 4.79 Å². The van der Waals surface area contributed by atoms with Crippen molar-refractivity contribution in [1.82, 2.24) is 24.8 Å². The van der Waals surface area contributed by atoms with Gasteiger partial charge in [0.25, 0.3) is 0 Å². The lowest BCUT2D eigenvalue weighted by molar-refractivity contribution is -0.128. The first-order chi connectivity index (χ1) is 10.8. The molecule has 0 aromatic carbocycles. The van der Waals surface area contributed by atoms with Gasteiger partial charge in [0.1, 0.15) is 0 Å². The van der Waals surface area contributed by atoms with Crippen molar-refractivity contribution < 1.29 is 4.79 Å². The van der Waals surface area contributed by atoms with Gasteiger partial charge in [-0.05, 0) is 38.6 Å². The van der Waals surface area contributed by atoms with Crippen molar-refractivity contribution in [1.29, 1.82) is 0 Å². The molecule has 2 aliphatic heterocycles. The van der Waals surface area contributed by atoms with Crippen LogP contribution in [0.4, 0.5) is 0 Å². The molecule has 1 amide bonds. The number of likely N-dealkylation sites (tertiary alicyclic amines) is 2. The average molecular weight is 303 g/mol. The molecule has 0 spiro atoms. The lowest BCUT2D eigenvalue weighted by Crippen LogP contribution is -2.32. The Hall–Kier alpha value is -1.69. The van der Waals surface area contributed by atoms with Gasteiger partial charge in [-0.1, -0.05) is 18.2 Å². The highest BCUT2D eigenvalue weighted by Crippen LogP contribution is 2.21. The van der Waals surface area contributed by atoms with Crippen LogP contribution in [0.15, 0.2) is 19.0 Å². The van der Waals surface area contributed by atoms with E-state index in [0.717, 1.165) is 31.7 Å². The molecule has 6 heteroatoms. The summed E-state index contributed by atoms with van der Waals surface area (Å²) in [6.07, 6.45) is 9.17. The maximum atomic E-state index is 12.1. The molecule has 6 nitrogen and oxygen atoms in total. The molecular weight excluding hydrogens is 278 g/mol. The van der Waals surface area contributed by atoms with E-state index in [0.29, 0.717) is 6.42 Å². The lowest BCUT2D eigenvalue weighted by Gasteiger charge is -2.25. The van der Waals surface area contributed by atoms with Crippen molar-refractivity contribution in [3.63, 3.8) is 0 Å². The summed E-state index contributed by atoms with van der Waals surface area (Å²) in [6, 6.07) is 0. The van der Waals surface area contributed by atoms with E-state index in [1.807, 2.05) is 10.9 Å². The smallest absolute Gasteiger partial charge is 0.230 e. The average Bonchev–Trinajstić information content (AvgIpc) is 3.14. The maximum absolute atomic E-state index is 12.1. The molecule has 2 fully saturated rings. The predicted octanol–water partition coefficient (Wildman–Crippen LogP) is 1.30. The van der Waals surface area contributed by atoms with Crippen molar-refractivity contribution in [3.05, 3.63) is 24.7 Å². The number of aromatic nitrogens is 3. The van der Waals surface area contributed by atoms with Crippen molar-refractivity contribution in [2.75, 3.05) is 26.2 Å². The zero-order valence-electron chi connectivity index (χ0n) is 13.2. The number of piperidine rings is 1. The first-order valence-electron chi connectivity index (χ1n) is 8.30. The fourth-order valence-electron chi connectivity index (χ4n) is 3.35. The zero-order chi connectivity index (χ0) is 15.4. The third-order valence-corrected chi connectivity index (χ3v) is 4.71. The minimum absolute atomic E-state index is 0.0326. The highest BCUT2D eigenvalue weighted by molar-refractivity contribution is 5.81. The highest BCUT2D eigenvalue weighted by Gasteiger charge is 2.30. The second kappa shape index (κ2) is 7.05. The summed E-state index contributed by atoms with van der Waals surface area (Å²) in [5.74, 6) is 0.197. The number of carbonyl (C=O) groups is 1. The third kappa shape index (κ3) is 3.55. The van der Waals surface area contributed by atoms with Crippen molar-refractivity contribution in [3.8, 4) is 0 Å². The quantitative estimate of drug-likeness (QED) is 0.795. The van der Waals surface area contributed by atoms with Crippen molar-refractivity contribution in [2.45, 2.75) is 38.6 Å². The minimum Gasteiger partial charge on any atom is -0.319 e. The first-order valence-corrected chi connectivity index (χ1v) is 8.30. The molecule has 1 unspecified atom stereocenters. The number of hydrogen-bond donors (Lipinski definition) is 0. The molecule has 1 aromatic rings. The number of carbonyl (C=O) groups excluding carboxylic acids is 1. The van der Waals surface area contributed by atoms with Gasteiger partial charge in [-0.3, -0.25) is 9.48 Å². The molecule has 0 bridgehead atoms. The number of nitrogens with zero attached hydrogens (tertiary/aromatic N) is 5. The van der Waals surface area contributed by atoms with Crippen LogP contribution >= 0.6 is 0 Å². The Labute approximate surface area is 131 Å². The normalized spacial score (nSPS) is 23.2. The van der Waals surface area contributed by atoms with Gasteiger partial charge in [-0.15, -0.1) is 5.10 Å². The number of hydrogen-bond acceptors (Lipinski definition) is 4. The fourth-order valence-corrected chi connectivity index (χ4v) is 3.35. The van der Waals surface area contributed by atoms with Gasteiger partial charge in [-0.2, -0.15) is 0 Å². The van der Waals surface area contributed by atoms with E-state index in [2.05, 4.69) is 21.8 Å². The standard InChI is InChI=1S/C16H25N5O/c1-2-20-9-6-14(16(20)22)12-15-13-21(18-17-15)11-10-19-7-4-3-5-8-19/h2,13-14H,1,3-12H2. The van der Waals surface area contributed by atoms with Gasteiger partial charge < -0.3 is 9.80 Å². The van der Waals surface area contributed by atoms with Gasteiger partial charge in [-0.25, -0.2) is 0 Å². The van der Waals surface area contributed by atoms with Crippen LogP contribution in [0.3, 0.4) is 0 Å². The summed E-state index contributed by atoms with van der Waals surface area (Å²) in [5.41, 5.74) is 0.919. The summed E-state index contributed by atoms with van der Waals surface area (Å²) in [5, 5.41) is 8.43. The largest absolute Gasteiger partial charge is 0.319 e. The predicted molar refractivity (Wildman–Crippen MR) is 84.0 cm³/mol. The Morgan fingerprint density at radius 2 is 2.05 bits per heavy atom. The molecule has 22 heavy (non-hydrogen) atoms. The number of rotatable bonds is 6. The molecule has 1 atom stereocenters. The lowest BCUT2D eigenvalue weighted by atomic mass is 10.0. The van der Waals surface area contributed by atoms with Gasteiger partial charge in [0.05, 0.1) is 12.2 Å². The molecule has 1 aromatic heterocycles. The van der Waals surface area contributed by atoms with E-state index in [1.54, 1.807) is 11.1 Å². The second-order valence-corrected chi connectivity index (χ2v) is 6.28. The summed E-state index contributed by atoms with van der Waals surface area (Å²) in [7, 11) is 0. The molecule has 0 radical (unpaired) electrons. The maximum Gasteiger partial charge on any atom is 0.230 e. The van der Waals surface area contributed by atoms with Crippen molar-refractivity contribution >= 4 is 5.91 Å². The van der Waals surface area contributed by atoms with E-state index >= 15 is 0 Å². The Bertz CT molecular complexity index is 520. The monoisotopic (exact) mass is 303 g/mol. The Morgan fingerprint density at radius 1 is 1.23 bits per heavy atom. The van der Waals surface area contributed by atoms with Crippen LogP contribution in [-0.2, 0) is 17.8 Å². The molecule has 3 rings (SSSR count). The molecule has 3 heterocycles. The first kappa shape index (κ1) is 15.2. The molecule has 0 saturated carbocycles. The van der Waals surface area contributed by atoms with Gasteiger partial charge >= 0.3 is 0 Å². The van der Waals surface area contributed by atoms with Crippen LogP contribution in [0.5, 0.6) is 0 Å². The van der Waals surface area contributed by atoms with Crippen LogP contribution in [0, 0.1) is 5.92 Å². The topological polar surface area (TPSA) is 54.3 Å². The summed E-state index contributed by atoms with van der Waals surface area (Å²) < 4.78 is 1.91. The summed E-state index contributed by atoms with van der Waals surface area (Å²) in [6.45, 7) is 8.77. The summed E-state index contributed by atoms with van der Waals surface area (Å²) in [4.78, 5) is 16.3. The molecular formula is C16H25N5O. The summed E-state index contributed by atoms with van der Waals surface area (Å²) >= 11 is 0. The van der Waals surface area contributed by atoms with E-state index < -0.39 is 0 Å². The van der Waals surface area contributed by atoms with Gasteiger partial charge in [0.15, 0.2) is 0 Å². The third-order valence-electron chi connectivity index (χ3n) is 4.71.